The Hall–Kier alpha value is -2.25. The summed E-state index contributed by atoms with van der Waals surface area (Å²) >= 11 is 0. The van der Waals surface area contributed by atoms with Gasteiger partial charge in [0.1, 0.15) is 6.10 Å². The molecular weight excluding hydrogens is 394 g/mol. The average molecular weight is 428 g/mol. The third-order valence-electron chi connectivity index (χ3n) is 6.76. The summed E-state index contributed by atoms with van der Waals surface area (Å²) in [5.41, 5.74) is 0.863. The molecule has 4 rings (SSSR count). The maximum Gasteiger partial charge on any atom is 0.309 e. The van der Waals surface area contributed by atoms with Crippen molar-refractivity contribution in [3.05, 3.63) is 35.4 Å². The fourth-order valence-electron chi connectivity index (χ4n) is 4.91. The largest absolute Gasteiger partial charge is 0.459 e. The summed E-state index contributed by atoms with van der Waals surface area (Å²) in [6.07, 6.45) is 5.55. The highest BCUT2D eigenvalue weighted by Crippen LogP contribution is 2.26. The van der Waals surface area contributed by atoms with Crippen molar-refractivity contribution in [2.75, 3.05) is 46.3 Å². The maximum atomic E-state index is 12.9. The highest BCUT2D eigenvalue weighted by atomic mass is 16.5. The van der Waals surface area contributed by atoms with Crippen LogP contribution in [-0.2, 0) is 9.53 Å². The molecule has 31 heavy (non-hydrogen) atoms. The van der Waals surface area contributed by atoms with Gasteiger partial charge in [-0.1, -0.05) is 31.4 Å². The molecule has 2 amide bonds. The lowest BCUT2D eigenvalue weighted by Crippen LogP contribution is -2.46. The van der Waals surface area contributed by atoms with Gasteiger partial charge in [-0.2, -0.15) is 0 Å². The van der Waals surface area contributed by atoms with E-state index in [1.165, 1.54) is 11.3 Å². The number of rotatable bonds is 6. The molecule has 168 valence electrons. The van der Waals surface area contributed by atoms with Crippen molar-refractivity contribution < 1.29 is 19.1 Å². The van der Waals surface area contributed by atoms with E-state index < -0.39 is 6.10 Å². The van der Waals surface area contributed by atoms with Gasteiger partial charge >= 0.3 is 5.97 Å². The number of fused-ring (bicyclic) bond motifs is 1. The summed E-state index contributed by atoms with van der Waals surface area (Å²) in [6.45, 7) is 4.45. The lowest BCUT2D eigenvalue weighted by Gasteiger charge is -2.30. The topological polar surface area (TPSA) is 70.2 Å². The molecule has 1 aromatic rings. The summed E-state index contributed by atoms with van der Waals surface area (Å²) in [5.74, 6) is -0.827. The molecule has 2 heterocycles. The molecule has 1 atom stereocenters. The number of benzene rings is 1. The van der Waals surface area contributed by atoms with Crippen LogP contribution in [0.4, 0.5) is 0 Å². The Morgan fingerprint density at radius 1 is 0.935 bits per heavy atom. The summed E-state index contributed by atoms with van der Waals surface area (Å²) in [7, 11) is 2.11. The van der Waals surface area contributed by atoms with E-state index >= 15 is 0 Å². The van der Waals surface area contributed by atoms with Crippen LogP contribution in [0.5, 0.6) is 0 Å². The SMILES string of the molecule is CN1CCCN(CC(CN2C(=O)c3ccccc3C2=O)OC(=O)C2CCCCC2)CC1. The second-order valence-electron chi connectivity index (χ2n) is 9.12. The number of amides is 2. The monoisotopic (exact) mass is 427 g/mol. The Kier molecular flexibility index (Phi) is 7.02. The van der Waals surface area contributed by atoms with Crippen molar-refractivity contribution in [2.24, 2.45) is 5.92 Å². The first-order chi connectivity index (χ1) is 15.0. The molecule has 1 saturated carbocycles. The molecule has 7 heteroatoms. The number of ether oxygens (including phenoxy) is 1. The number of hydrogen-bond donors (Lipinski definition) is 0. The Morgan fingerprint density at radius 2 is 1.61 bits per heavy atom. The second kappa shape index (κ2) is 9.92. The van der Waals surface area contributed by atoms with Crippen molar-refractivity contribution in [2.45, 2.75) is 44.6 Å². The van der Waals surface area contributed by atoms with Gasteiger partial charge in [-0.15, -0.1) is 0 Å². The number of imide groups is 1. The predicted molar refractivity (Wildman–Crippen MR) is 117 cm³/mol. The molecule has 2 aliphatic heterocycles. The molecule has 3 aliphatic rings. The Bertz CT molecular complexity index is 786. The van der Waals surface area contributed by atoms with E-state index in [4.69, 9.17) is 4.74 Å². The van der Waals surface area contributed by atoms with Gasteiger partial charge < -0.3 is 9.64 Å². The third kappa shape index (κ3) is 5.15. The van der Waals surface area contributed by atoms with Crippen molar-refractivity contribution in [3.63, 3.8) is 0 Å². The lowest BCUT2D eigenvalue weighted by molar-refractivity contribution is -0.156. The van der Waals surface area contributed by atoms with Crippen LogP contribution < -0.4 is 0 Å². The van der Waals surface area contributed by atoms with Gasteiger partial charge in [-0.05, 0) is 51.5 Å². The highest BCUT2D eigenvalue weighted by molar-refractivity contribution is 6.21. The number of carbonyl (C=O) groups excluding carboxylic acids is 3. The van der Waals surface area contributed by atoms with Crippen LogP contribution in [0.25, 0.3) is 0 Å². The molecule has 1 aromatic carbocycles. The van der Waals surface area contributed by atoms with Crippen LogP contribution in [0.3, 0.4) is 0 Å². The van der Waals surface area contributed by atoms with Gasteiger partial charge in [-0.25, -0.2) is 0 Å². The molecular formula is C24H33N3O4. The average Bonchev–Trinajstić information content (AvgIpc) is 2.91. The van der Waals surface area contributed by atoms with Crippen molar-refractivity contribution in [3.8, 4) is 0 Å². The van der Waals surface area contributed by atoms with Crippen LogP contribution in [-0.4, -0.2) is 84.9 Å². The maximum absolute atomic E-state index is 12.9. The fourth-order valence-corrected chi connectivity index (χ4v) is 4.91. The van der Waals surface area contributed by atoms with Crippen LogP contribution in [0.1, 0.15) is 59.2 Å². The van der Waals surface area contributed by atoms with Crippen molar-refractivity contribution >= 4 is 17.8 Å². The number of carbonyl (C=O) groups is 3. The zero-order valence-corrected chi connectivity index (χ0v) is 18.4. The Labute approximate surface area is 184 Å². The van der Waals surface area contributed by atoms with Gasteiger partial charge in [0.25, 0.3) is 11.8 Å². The Morgan fingerprint density at radius 3 is 2.29 bits per heavy atom. The zero-order chi connectivity index (χ0) is 21.8. The van der Waals surface area contributed by atoms with Gasteiger partial charge in [-0.3, -0.25) is 24.2 Å². The molecule has 0 aromatic heterocycles. The Balaban J connectivity index is 1.47. The van der Waals surface area contributed by atoms with E-state index in [9.17, 15) is 14.4 Å². The summed E-state index contributed by atoms with van der Waals surface area (Å²) in [6, 6.07) is 6.90. The van der Waals surface area contributed by atoms with Crippen molar-refractivity contribution in [1.29, 1.82) is 0 Å². The minimum absolute atomic E-state index is 0.0614. The first-order valence-corrected chi connectivity index (χ1v) is 11.6. The quantitative estimate of drug-likeness (QED) is 0.513. The molecule has 2 fully saturated rings. The minimum Gasteiger partial charge on any atom is -0.459 e. The van der Waals surface area contributed by atoms with Crippen LogP contribution in [0.2, 0.25) is 0 Å². The molecule has 1 saturated heterocycles. The molecule has 7 nitrogen and oxygen atoms in total. The highest BCUT2D eigenvalue weighted by Gasteiger charge is 2.38. The predicted octanol–water partition coefficient (Wildman–Crippen LogP) is 2.41. The third-order valence-corrected chi connectivity index (χ3v) is 6.76. The number of esters is 1. The lowest BCUT2D eigenvalue weighted by atomic mass is 9.89. The molecule has 1 unspecified atom stereocenters. The van der Waals surface area contributed by atoms with Gasteiger partial charge in [0, 0.05) is 19.6 Å². The second-order valence-corrected chi connectivity index (χ2v) is 9.12. The van der Waals surface area contributed by atoms with E-state index in [1.54, 1.807) is 24.3 Å². The number of nitrogens with zero attached hydrogens (tertiary/aromatic N) is 3. The van der Waals surface area contributed by atoms with E-state index in [2.05, 4.69) is 16.8 Å². The summed E-state index contributed by atoms with van der Waals surface area (Å²) in [4.78, 5) is 44.5. The standard InChI is InChI=1S/C24H33N3O4/c1-25-12-7-13-26(15-14-25)16-19(31-24(30)18-8-3-2-4-9-18)17-27-22(28)20-10-5-6-11-21(20)23(27)29/h5-6,10-11,18-19H,2-4,7-9,12-17H2,1H3. The van der Waals surface area contributed by atoms with Gasteiger partial charge in [0.15, 0.2) is 0 Å². The minimum atomic E-state index is -0.514. The normalized spacial score (nSPS) is 22.3. The first kappa shape index (κ1) is 22.0. The van der Waals surface area contributed by atoms with E-state index in [-0.39, 0.29) is 30.2 Å². The van der Waals surface area contributed by atoms with Crippen LogP contribution >= 0.6 is 0 Å². The van der Waals surface area contributed by atoms with Crippen LogP contribution in [0, 0.1) is 5.92 Å². The zero-order valence-electron chi connectivity index (χ0n) is 18.4. The van der Waals surface area contributed by atoms with Gasteiger partial charge in [0.05, 0.1) is 23.6 Å². The number of likely N-dealkylation sites (N-methyl/N-ethyl adjacent to an activating group) is 1. The van der Waals surface area contributed by atoms with E-state index in [0.717, 1.165) is 58.3 Å². The first-order valence-electron chi connectivity index (χ1n) is 11.6. The summed E-state index contributed by atoms with van der Waals surface area (Å²) in [5, 5.41) is 0. The number of hydrogen-bond acceptors (Lipinski definition) is 6. The van der Waals surface area contributed by atoms with E-state index in [1.807, 2.05) is 0 Å². The molecule has 0 N–H and O–H groups in total. The van der Waals surface area contributed by atoms with Crippen LogP contribution in [0.15, 0.2) is 24.3 Å². The molecule has 0 radical (unpaired) electrons. The molecule has 1 aliphatic carbocycles. The smallest absolute Gasteiger partial charge is 0.309 e. The van der Waals surface area contributed by atoms with Crippen molar-refractivity contribution in [1.82, 2.24) is 14.7 Å². The summed E-state index contributed by atoms with van der Waals surface area (Å²) < 4.78 is 5.98. The fraction of sp³-hybridized carbons (Fsp3) is 0.625. The van der Waals surface area contributed by atoms with E-state index in [0.29, 0.717) is 17.7 Å². The van der Waals surface area contributed by atoms with Gasteiger partial charge in [0.2, 0.25) is 0 Å². The molecule has 0 bridgehead atoms. The molecule has 0 spiro atoms.